The molecule has 25 heavy (non-hydrogen) atoms. The van der Waals surface area contributed by atoms with Crippen LogP contribution in [0.2, 0.25) is 0 Å². The normalized spacial score (nSPS) is 11.0. The number of aryl methyl sites for hydroxylation is 1. The van der Waals surface area contributed by atoms with Gasteiger partial charge in [-0.15, -0.1) is 0 Å². The summed E-state index contributed by atoms with van der Waals surface area (Å²) < 4.78 is 14.5. The highest BCUT2D eigenvalue weighted by Gasteiger charge is 2.11. The molecule has 0 aliphatic carbocycles. The SMILES string of the molecule is C=N/C=C\c1cc(-c2ccc(-c3ccc(NC)nc3)c(F)n2)[nH]c1C. The van der Waals surface area contributed by atoms with E-state index in [1.807, 2.05) is 25.1 Å². The van der Waals surface area contributed by atoms with E-state index in [-0.39, 0.29) is 0 Å². The van der Waals surface area contributed by atoms with Gasteiger partial charge in [-0.2, -0.15) is 4.39 Å². The molecule has 6 heteroatoms. The van der Waals surface area contributed by atoms with E-state index in [1.54, 1.807) is 37.6 Å². The average Bonchev–Trinajstić information content (AvgIpc) is 3.01. The molecular formula is C19H18FN5. The number of halogens is 1. The monoisotopic (exact) mass is 335 g/mol. The average molecular weight is 335 g/mol. The molecule has 3 heterocycles. The Morgan fingerprint density at radius 2 is 2.12 bits per heavy atom. The van der Waals surface area contributed by atoms with Crippen molar-refractivity contribution < 1.29 is 4.39 Å². The molecular weight excluding hydrogens is 317 g/mol. The van der Waals surface area contributed by atoms with Gasteiger partial charge in [0.2, 0.25) is 5.95 Å². The van der Waals surface area contributed by atoms with Crippen molar-refractivity contribution in [1.29, 1.82) is 0 Å². The molecule has 0 radical (unpaired) electrons. The fourth-order valence-electron chi connectivity index (χ4n) is 2.52. The molecule has 126 valence electrons. The molecule has 0 fully saturated rings. The van der Waals surface area contributed by atoms with Crippen LogP contribution in [0.5, 0.6) is 0 Å². The minimum absolute atomic E-state index is 0.415. The second-order valence-corrected chi connectivity index (χ2v) is 5.48. The Bertz CT molecular complexity index is 925. The summed E-state index contributed by atoms with van der Waals surface area (Å²) in [5, 5.41) is 2.93. The molecule has 0 spiro atoms. The zero-order valence-electron chi connectivity index (χ0n) is 14.0. The highest BCUT2D eigenvalue weighted by atomic mass is 19.1. The zero-order chi connectivity index (χ0) is 17.8. The maximum atomic E-state index is 14.5. The Morgan fingerprint density at radius 3 is 2.76 bits per heavy atom. The molecule has 0 saturated heterocycles. The van der Waals surface area contributed by atoms with Gasteiger partial charge in [0, 0.05) is 36.3 Å². The molecule has 3 rings (SSSR count). The fraction of sp³-hybridized carbons (Fsp3) is 0.105. The molecule has 0 aromatic carbocycles. The third-order valence-corrected chi connectivity index (χ3v) is 3.87. The second kappa shape index (κ2) is 7.09. The van der Waals surface area contributed by atoms with Crippen LogP contribution in [0.4, 0.5) is 10.2 Å². The van der Waals surface area contributed by atoms with Crippen molar-refractivity contribution in [3.63, 3.8) is 0 Å². The maximum absolute atomic E-state index is 14.5. The third-order valence-electron chi connectivity index (χ3n) is 3.87. The standard InChI is InChI=1S/C19H18FN5/c1-12-13(8-9-21-2)10-17(24-12)16-6-5-15(19(20)25-16)14-4-7-18(22-3)23-11-14/h4-11,24H,2H2,1,3H3,(H,22,23)/b9-8-. The first-order valence-electron chi connectivity index (χ1n) is 7.75. The van der Waals surface area contributed by atoms with Crippen LogP contribution in [0, 0.1) is 12.9 Å². The second-order valence-electron chi connectivity index (χ2n) is 5.48. The quantitative estimate of drug-likeness (QED) is 0.540. The molecule has 5 nitrogen and oxygen atoms in total. The smallest absolute Gasteiger partial charge is 0.221 e. The molecule has 0 aliphatic heterocycles. The van der Waals surface area contributed by atoms with Crippen molar-refractivity contribution >= 4 is 18.6 Å². The number of aromatic nitrogens is 3. The van der Waals surface area contributed by atoms with Crippen LogP contribution >= 0.6 is 0 Å². The summed E-state index contributed by atoms with van der Waals surface area (Å²) in [6.07, 6.45) is 5.07. The summed E-state index contributed by atoms with van der Waals surface area (Å²) in [5.74, 6) is 0.193. The van der Waals surface area contributed by atoms with Gasteiger partial charge in [0.1, 0.15) is 5.82 Å². The number of anilines is 1. The number of H-pyrrole nitrogens is 1. The lowest BCUT2D eigenvalue weighted by Gasteiger charge is -2.06. The highest BCUT2D eigenvalue weighted by Crippen LogP contribution is 2.26. The number of hydrogen-bond donors (Lipinski definition) is 2. The molecule has 0 unspecified atom stereocenters. The van der Waals surface area contributed by atoms with Crippen molar-refractivity contribution in [3.05, 3.63) is 59.9 Å². The van der Waals surface area contributed by atoms with Crippen molar-refractivity contribution in [2.45, 2.75) is 6.92 Å². The minimum atomic E-state index is -0.534. The molecule has 0 saturated carbocycles. The van der Waals surface area contributed by atoms with Crippen molar-refractivity contribution in [2.75, 3.05) is 12.4 Å². The van der Waals surface area contributed by atoms with Crippen LogP contribution in [0.1, 0.15) is 11.3 Å². The lowest BCUT2D eigenvalue weighted by atomic mass is 10.1. The van der Waals surface area contributed by atoms with Crippen LogP contribution in [0.15, 0.2) is 47.7 Å². The molecule has 3 aromatic rings. The van der Waals surface area contributed by atoms with Crippen molar-refractivity contribution in [3.8, 4) is 22.5 Å². The Kier molecular flexibility index (Phi) is 4.70. The number of aliphatic imine (C=N–C) groups is 1. The lowest BCUT2D eigenvalue weighted by Crippen LogP contribution is -1.95. The fourth-order valence-corrected chi connectivity index (χ4v) is 2.52. The largest absolute Gasteiger partial charge is 0.373 e. The van der Waals surface area contributed by atoms with Crippen LogP contribution in [-0.4, -0.2) is 28.7 Å². The van der Waals surface area contributed by atoms with Gasteiger partial charge in [0.15, 0.2) is 0 Å². The van der Waals surface area contributed by atoms with Gasteiger partial charge in [-0.3, -0.25) is 4.99 Å². The van der Waals surface area contributed by atoms with E-state index in [1.165, 1.54) is 0 Å². The predicted molar refractivity (Wildman–Crippen MR) is 100 cm³/mol. The number of nitrogens with one attached hydrogen (secondary N) is 2. The summed E-state index contributed by atoms with van der Waals surface area (Å²) >= 11 is 0. The van der Waals surface area contributed by atoms with E-state index >= 15 is 0 Å². The topological polar surface area (TPSA) is 66.0 Å². The molecule has 2 N–H and O–H groups in total. The first-order chi connectivity index (χ1) is 12.1. The van der Waals surface area contributed by atoms with Crippen molar-refractivity contribution in [1.82, 2.24) is 15.0 Å². The van der Waals surface area contributed by atoms with Gasteiger partial charge in [0.05, 0.1) is 11.4 Å². The summed E-state index contributed by atoms with van der Waals surface area (Å²) in [6.45, 7) is 5.35. The first-order valence-corrected chi connectivity index (χ1v) is 7.75. The number of pyridine rings is 2. The summed E-state index contributed by atoms with van der Waals surface area (Å²) in [4.78, 5) is 15.2. The Labute approximate surface area is 145 Å². The predicted octanol–water partition coefficient (Wildman–Crippen LogP) is 4.30. The highest BCUT2D eigenvalue weighted by molar-refractivity contribution is 5.68. The van der Waals surface area contributed by atoms with E-state index < -0.39 is 5.95 Å². The number of nitrogens with zero attached hydrogens (tertiary/aromatic N) is 3. The number of aromatic amines is 1. The number of rotatable bonds is 5. The van der Waals surface area contributed by atoms with E-state index in [2.05, 4.69) is 32.0 Å². The zero-order valence-corrected chi connectivity index (χ0v) is 14.0. The molecule has 0 atom stereocenters. The Hall–Kier alpha value is -3.28. The van der Waals surface area contributed by atoms with Crippen LogP contribution in [0.25, 0.3) is 28.6 Å². The Morgan fingerprint density at radius 1 is 1.28 bits per heavy atom. The van der Waals surface area contributed by atoms with Gasteiger partial charge >= 0.3 is 0 Å². The van der Waals surface area contributed by atoms with Crippen LogP contribution in [-0.2, 0) is 0 Å². The molecule has 3 aromatic heterocycles. The summed E-state index contributed by atoms with van der Waals surface area (Å²) in [5.41, 5.74) is 4.29. The van der Waals surface area contributed by atoms with E-state index in [0.717, 1.165) is 22.8 Å². The molecule has 0 bridgehead atoms. The first kappa shape index (κ1) is 16.6. The van der Waals surface area contributed by atoms with Crippen LogP contribution in [0.3, 0.4) is 0 Å². The Balaban J connectivity index is 1.94. The van der Waals surface area contributed by atoms with Crippen molar-refractivity contribution in [2.24, 2.45) is 4.99 Å². The number of hydrogen-bond acceptors (Lipinski definition) is 4. The van der Waals surface area contributed by atoms with Gasteiger partial charge < -0.3 is 10.3 Å². The molecule has 0 aliphatic rings. The van der Waals surface area contributed by atoms with Gasteiger partial charge in [-0.05, 0) is 55.6 Å². The van der Waals surface area contributed by atoms with Gasteiger partial charge in [-0.1, -0.05) is 0 Å². The lowest BCUT2D eigenvalue weighted by molar-refractivity contribution is 0.589. The van der Waals surface area contributed by atoms with E-state index in [9.17, 15) is 4.39 Å². The minimum Gasteiger partial charge on any atom is -0.373 e. The third kappa shape index (κ3) is 3.47. The summed E-state index contributed by atoms with van der Waals surface area (Å²) in [7, 11) is 1.78. The van der Waals surface area contributed by atoms with Crippen LogP contribution < -0.4 is 5.32 Å². The van der Waals surface area contributed by atoms with E-state index in [4.69, 9.17) is 0 Å². The maximum Gasteiger partial charge on any atom is 0.221 e. The molecule has 0 amide bonds. The van der Waals surface area contributed by atoms with Gasteiger partial charge in [-0.25, -0.2) is 9.97 Å². The van der Waals surface area contributed by atoms with Gasteiger partial charge in [0.25, 0.3) is 0 Å². The van der Waals surface area contributed by atoms with E-state index in [0.29, 0.717) is 16.8 Å². The summed E-state index contributed by atoms with van der Waals surface area (Å²) in [6, 6.07) is 9.01.